The molecule has 1 amide bonds. The van der Waals surface area contributed by atoms with Gasteiger partial charge in [-0.2, -0.15) is 11.8 Å². The first-order valence-corrected chi connectivity index (χ1v) is 7.22. The maximum absolute atomic E-state index is 13.1. The van der Waals surface area contributed by atoms with Crippen molar-refractivity contribution in [2.24, 2.45) is 0 Å². The molecule has 0 fully saturated rings. The number of carbonyl (C=O) groups excluding carboxylic acids is 1. The van der Waals surface area contributed by atoms with Gasteiger partial charge in [0.25, 0.3) is 11.6 Å². The van der Waals surface area contributed by atoms with Crippen molar-refractivity contribution < 1.29 is 24.0 Å². The fourth-order valence-corrected chi connectivity index (χ4v) is 2.05. The number of nitrogens with zero attached hydrogens (tertiary/aromatic N) is 1. The summed E-state index contributed by atoms with van der Waals surface area (Å²) >= 11 is 1.40. The van der Waals surface area contributed by atoms with Crippen LogP contribution >= 0.6 is 11.8 Å². The zero-order valence-electron chi connectivity index (χ0n) is 11.0. The summed E-state index contributed by atoms with van der Waals surface area (Å²) in [6, 6.07) is 1.24. The smallest absolute Gasteiger partial charge is 0.326 e. The molecule has 0 spiro atoms. The van der Waals surface area contributed by atoms with Crippen LogP contribution < -0.4 is 5.32 Å². The molecule has 2 N–H and O–H groups in total. The number of amides is 1. The van der Waals surface area contributed by atoms with E-state index in [-0.39, 0.29) is 6.42 Å². The van der Waals surface area contributed by atoms with E-state index >= 15 is 0 Å². The Morgan fingerprint density at radius 3 is 2.71 bits per heavy atom. The van der Waals surface area contributed by atoms with Crippen molar-refractivity contribution in [1.29, 1.82) is 0 Å². The molecule has 9 heteroatoms. The summed E-state index contributed by atoms with van der Waals surface area (Å²) in [4.78, 5) is 33.0. The third-order valence-electron chi connectivity index (χ3n) is 2.61. The predicted molar refractivity (Wildman–Crippen MR) is 74.9 cm³/mol. The van der Waals surface area contributed by atoms with Gasteiger partial charge in [-0.3, -0.25) is 14.9 Å². The number of nitro groups is 1. The molecule has 0 bridgehead atoms. The molecule has 1 atom stereocenters. The second-order valence-electron chi connectivity index (χ2n) is 4.06. The summed E-state index contributed by atoms with van der Waals surface area (Å²) in [5, 5.41) is 22.0. The van der Waals surface area contributed by atoms with E-state index in [4.69, 9.17) is 5.11 Å². The van der Waals surface area contributed by atoms with Gasteiger partial charge >= 0.3 is 5.97 Å². The SMILES string of the molecule is CSCCC(NC(=O)c1cc(F)ccc1[N+](=O)[O-])C(=O)O. The first-order valence-electron chi connectivity index (χ1n) is 5.83. The average Bonchev–Trinajstić information content (AvgIpc) is 2.42. The predicted octanol–water partition coefficient (Wildman–Crippen LogP) is 1.67. The largest absolute Gasteiger partial charge is 0.480 e. The molecule has 114 valence electrons. The third-order valence-corrected chi connectivity index (χ3v) is 3.26. The van der Waals surface area contributed by atoms with E-state index in [1.54, 1.807) is 6.26 Å². The molecule has 0 heterocycles. The van der Waals surface area contributed by atoms with Crippen LogP contribution in [0.5, 0.6) is 0 Å². The first kappa shape index (κ1) is 16.9. The maximum Gasteiger partial charge on any atom is 0.326 e. The molecule has 1 unspecified atom stereocenters. The Bertz CT molecular complexity index is 567. The monoisotopic (exact) mass is 316 g/mol. The lowest BCUT2D eigenvalue weighted by Crippen LogP contribution is -2.41. The second kappa shape index (κ2) is 7.58. The van der Waals surface area contributed by atoms with Gasteiger partial charge in [-0.05, 0) is 30.6 Å². The Morgan fingerprint density at radius 2 is 2.19 bits per heavy atom. The van der Waals surface area contributed by atoms with Crippen LogP contribution in [0.25, 0.3) is 0 Å². The van der Waals surface area contributed by atoms with Crippen LogP contribution in [0.3, 0.4) is 0 Å². The molecule has 7 nitrogen and oxygen atoms in total. The highest BCUT2D eigenvalue weighted by Gasteiger charge is 2.25. The number of aliphatic carboxylic acids is 1. The first-order chi connectivity index (χ1) is 9.86. The van der Waals surface area contributed by atoms with Crippen LogP contribution in [0.15, 0.2) is 18.2 Å². The normalized spacial score (nSPS) is 11.7. The van der Waals surface area contributed by atoms with Gasteiger partial charge in [-0.1, -0.05) is 0 Å². The van der Waals surface area contributed by atoms with E-state index in [9.17, 15) is 24.1 Å². The number of nitrogens with one attached hydrogen (secondary N) is 1. The minimum atomic E-state index is -1.25. The number of nitro benzene ring substituents is 1. The Kier molecular flexibility index (Phi) is 6.10. The lowest BCUT2D eigenvalue weighted by atomic mass is 10.1. The van der Waals surface area contributed by atoms with Crippen LogP contribution in [0.2, 0.25) is 0 Å². The van der Waals surface area contributed by atoms with Gasteiger partial charge in [0.1, 0.15) is 17.4 Å². The maximum atomic E-state index is 13.1. The molecule has 21 heavy (non-hydrogen) atoms. The number of hydrogen-bond donors (Lipinski definition) is 2. The lowest BCUT2D eigenvalue weighted by molar-refractivity contribution is -0.385. The summed E-state index contributed by atoms with van der Waals surface area (Å²) < 4.78 is 13.1. The molecule has 0 aliphatic carbocycles. The van der Waals surface area contributed by atoms with Gasteiger partial charge in [0.15, 0.2) is 0 Å². The van der Waals surface area contributed by atoms with Crippen molar-refractivity contribution in [1.82, 2.24) is 5.32 Å². The van der Waals surface area contributed by atoms with Crippen molar-refractivity contribution in [2.45, 2.75) is 12.5 Å². The van der Waals surface area contributed by atoms with Crippen LogP contribution in [-0.2, 0) is 4.79 Å². The number of carboxylic acids is 1. The molecule has 0 aliphatic heterocycles. The molecular formula is C12H13FN2O5S. The quantitative estimate of drug-likeness (QED) is 0.585. The minimum Gasteiger partial charge on any atom is -0.480 e. The molecule has 1 rings (SSSR count). The standard InChI is InChI=1S/C12H13FN2O5S/c1-21-5-4-9(12(17)18)14-11(16)8-6-7(13)2-3-10(8)15(19)20/h2-3,6,9H,4-5H2,1H3,(H,14,16)(H,17,18). The molecule has 0 radical (unpaired) electrons. The van der Waals surface area contributed by atoms with Gasteiger partial charge in [0.05, 0.1) is 4.92 Å². The van der Waals surface area contributed by atoms with Crippen LogP contribution in [0, 0.1) is 15.9 Å². The zero-order chi connectivity index (χ0) is 16.0. The summed E-state index contributed by atoms with van der Waals surface area (Å²) in [7, 11) is 0. The van der Waals surface area contributed by atoms with Gasteiger partial charge in [0.2, 0.25) is 0 Å². The Balaban J connectivity index is 2.99. The summed E-state index contributed by atoms with van der Waals surface area (Å²) in [5.41, 5.74) is -1.08. The van der Waals surface area contributed by atoms with Gasteiger partial charge in [-0.25, -0.2) is 9.18 Å². The number of thioether (sulfide) groups is 1. The number of benzene rings is 1. The van der Waals surface area contributed by atoms with Crippen molar-refractivity contribution in [3.8, 4) is 0 Å². The molecule has 0 aromatic heterocycles. The second-order valence-corrected chi connectivity index (χ2v) is 5.05. The highest BCUT2D eigenvalue weighted by Crippen LogP contribution is 2.19. The molecule has 0 saturated carbocycles. The van der Waals surface area contributed by atoms with Crippen molar-refractivity contribution in [3.63, 3.8) is 0 Å². The van der Waals surface area contributed by atoms with E-state index in [0.29, 0.717) is 11.8 Å². The molecular weight excluding hydrogens is 303 g/mol. The van der Waals surface area contributed by atoms with Gasteiger partial charge in [0, 0.05) is 6.07 Å². The van der Waals surface area contributed by atoms with E-state index < -0.39 is 39.9 Å². The van der Waals surface area contributed by atoms with E-state index in [0.717, 1.165) is 12.1 Å². The number of halogens is 1. The topological polar surface area (TPSA) is 110 Å². The minimum absolute atomic E-state index is 0.158. The molecule has 1 aromatic carbocycles. The zero-order valence-corrected chi connectivity index (χ0v) is 11.9. The number of rotatable bonds is 7. The molecule has 0 saturated heterocycles. The Morgan fingerprint density at radius 1 is 1.52 bits per heavy atom. The summed E-state index contributed by atoms with van der Waals surface area (Å²) in [5.74, 6) is -2.57. The van der Waals surface area contributed by atoms with Crippen molar-refractivity contribution in [3.05, 3.63) is 39.7 Å². The van der Waals surface area contributed by atoms with Gasteiger partial charge in [-0.15, -0.1) is 0 Å². The van der Waals surface area contributed by atoms with E-state index in [1.165, 1.54) is 11.8 Å². The Labute approximate surface area is 123 Å². The van der Waals surface area contributed by atoms with Crippen molar-refractivity contribution >= 4 is 29.3 Å². The summed E-state index contributed by atoms with van der Waals surface area (Å²) in [6.07, 6.45) is 1.93. The number of carboxylic acid groups (broad SMARTS) is 1. The van der Waals surface area contributed by atoms with Crippen LogP contribution in [-0.4, -0.2) is 40.0 Å². The molecule has 1 aromatic rings. The third kappa shape index (κ3) is 4.71. The van der Waals surface area contributed by atoms with Crippen molar-refractivity contribution in [2.75, 3.05) is 12.0 Å². The fourth-order valence-electron chi connectivity index (χ4n) is 1.58. The highest BCUT2D eigenvalue weighted by molar-refractivity contribution is 7.98. The van der Waals surface area contributed by atoms with Crippen LogP contribution in [0.4, 0.5) is 10.1 Å². The molecule has 0 aliphatic rings. The van der Waals surface area contributed by atoms with E-state index in [1.807, 2.05) is 0 Å². The number of hydrogen-bond acceptors (Lipinski definition) is 5. The average molecular weight is 316 g/mol. The van der Waals surface area contributed by atoms with Crippen LogP contribution in [0.1, 0.15) is 16.8 Å². The Hall–Kier alpha value is -2.16. The van der Waals surface area contributed by atoms with Gasteiger partial charge < -0.3 is 10.4 Å². The fraction of sp³-hybridized carbons (Fsp3) is 0.333. The summed E-state index contributed by atoms with van der Waals surface area (Å²) in [6.45, 7) is 0. The highest BCUT2D eigenvalue weighted by atomic mass is 32.2. The number of carbonyl (C=O) groups is 2. The lowest BCUT2D eigenvalue weighted by Gasteiger charge is -2.14. The van der Waals surface area contributed by atoms with E-state index in [2.05, 4.69) is 5.32 Å².